The van der Waals surface area contributed by atoms with Gasteiger partial charge in [0.1, 0.15) is 0 Å². The Morgan fingerprint density at radius 2 is 2.00 bits per heavy atom. The van der Waals surface area contributed by atoms with Crippen LogP contribution < -0.4 is 0 Å². The molecule has 1 nitrogen and oxygen atoms in total. The van der Waals surface area contributed by atoms with Gasteiger partial charge in [0, 0.05) is 0 Å². The Kier molecular flexibility index (Phi) is 2.50. The smallest absolute Gasteiger partial charge is 0.0991 e. The topological polar surface area (TPSA) is 23.8 Å². The molecule has 0 aliphatic rings. The highest BCUT2D eigenvalue weighted by atomic mass is 14.2. The van der Waals surface area contributed by atoms with Crippen molar-refractivity contribution in [2.24, 2.45) is 0 Å². The molecule has 61 valence electrons. The molecule has 0 spiro atoms. The fraction of sp³-hybridized carbons (Fsp3) is 0.273. The highest BCUT2D eigenvalue weighted by molar-refractivity contribution is 5.43. The monoisotopic (exact) mass is 158 g/mol. The molecule has 0 N–H and O–H groups in total. The van der Waals surface area contributed by atoms with Crippen LogP contribution in [0.5, 0.6) is 0 Å². The first-order valence-electron chi connectivity index (χ1n) is 3.96. The zero-order valence-corrected chi connectivity index (χ0v) is 7.68. The second-order valence-electron chi connectivity index (χ2n) is 3.14. The molecule has 0 aliphatic heterocycles. The standard InChI is InChI=1S/C11H12N/c1-8(2)11-6-10(7-12)5-4-9(11)3/h4-6H,1-3H3. The quantitative estimate of drug-likeness (QED) is 0.616. The third-order valence-corrected chi connectivity index (χ3v) is 1.91. The van der Waals surface area contributed by atoms with Crippen molar-refractivity contribution in [3.8, 4) is 6.07 Å². The van der Waals surface area contributed by atoms with Crippen molar-refractivity contribution in [2.75, 3.05) is 0 Å². The summed E-state index contributed by atoms with van der Waals surface area (Å²) in [4.78, 5) is 0. The van der Waals surface area contributed by atoms with Crippen molar-refractivity contribution in [1.82, 2.24) is 0 Å². The fourth-order valence-corrected chi connectivity index (χ4v) is 1.23. The van der Waals surface area contributed by atoms with E-state index in [0.29, 0.717) is 0 Å². The summed E-state index contributed by atoms with van der Waals surface area (Å²) in [7, 11) is 0. The second kappa shape index (κ2) is 3.40. The first kappa shape index (κ1) is 8.80. The number of aryl methyl sites for hydroxylation is 1. The molecule has 1 aromatic carbocycles. The lowest BCUT2D eigenvalue weighted by Gasteiger charge is -2.08. The average Bonchev–Trinajstić information content (AvgIpc) is 2.05. The van der Waals surface area contributed by atoms with Crippen LogP contribution in [0.4, 0.5) is 0 Å². The zero-order chi connectivity index (χ0) is 9.14. The van der Waals surface area contributed by atoms with Gasteiger partial charge < -0.3 is 0 Å². The molecule has 0 saturated carbocycles. The molecule has 0 heterocycles. The lowest BCUT2D eigenvalue weighted by molar-refractivity contribution is 1.12. The summed E-state index contributed by atoms with van der Waals surface area (Å²) in [6, 6.07) is 7.91. The van der Waals surface area contributed by atoms with Crippen molar-refractivity contribution in [1.29, 1.82) is 5.26 Å². The van der Waals surface area contributed by atoms with Crippen LogP contribution >= 0.6 is 0 Å². The van der Waals surface area contributed by atoms with E-state index in [2.05, 4.69) is 26.8 Å². The summed E-state index contributed by atoms with van der Waals surface area (Å²) in [5.74, 6) is 1.25. The van der Waals surface area contributed by atoms with Gasteiger partial charge in [0.05, 0.1) is 11.6 Å². The lowest BCUT2D eigenvalue weighted by Crippen LogP contribution is -1.93. The summed E-state index contributed by atoms with van der Waals surface area (Å²) in [6.45, 7) is 6.18. The first-order chi connectivity index (χ1) is 5.65. The molecule has 0 unspecified atom stereocenters. The van der Waals surface area contributed by atoms with Crippen LogP contribution in [0.2, 0.25) is 0 Å². The van der Waals surface area contributed by atoms with Crippen molar-refractivity contribution >= 4 is 0 Å². The summed E-state index contributed by atoms with van der Waals surface area (Å²) in [5, 5.41) is 8.68. The summed E-state index contributed by atoms with van der Waals surface area (Å²) >= 11 is 0. The van der Waals surface area contributed by atoms with E-state index < -0.39 is 0 Å². The number of nitrogens with zero attached hydrogens (tertiary/aromatic N) is 1. The second-order valence-corrected chi connectivity index (χ2v) is 3.14. The van der Waals surface area contributed by atoms with Crippen molar-refractivity contribution < 1.29 is 0 Å². The minimum atomic E-state index is 0.733. The third-order valence-electron chi connectivity index (χ3n) is 1.91. The molecule has 1 radical (unpaired) electrons. The number of benzene rings is 1. The molecule has 0 saturated heterocycles. The van der Waals surface area contributed by atoms with Crippen LogP contribution in [0.15, 0.2) is 18.2 Å². The van der Waals surface area contributed by atoms with Crippen LogP contribution in [-0.2, 0) is 0 Å². The van der Waals surface area contributed by atoms with Gasteiger partial charge in [-0.2, -0.15) is 5.26 Å². The fourth-order valence-electron chi connectivity index (χ4n) is 1.23. The number of hydrogen-bond acceptors (Lipinski definition) is 1. The van der Waals surface area contributed by atoms with Gasteiger partial charge >= 0.3 is 0 Å². The van der Waals surface area contributed by atoms with Gasteiger partial charge in [0.15, 0.2) is 0 Å². The Hall–Kier alpha value is -1.29. The molecule has 12 heavy (non-hydrogen) atoms. The molecular weight excluding hydrogens is 146 g/mol. The maximum absolute atomic E-state index is 8.68. The molecular formula is C11H12N. The van der Waals surface area contributed by atoms with Crippen LogP contribution in [-0.4, -0.2) is 0 Å². The highest BCUT2D eigenvalue weighted by Gasteiger charge is 2.03. The van der Waals surface area contributed by atoms with Crippen LogP contribution in [0.25, 0.3) is 0 Å². The maximum atomic E-state index is 8.68. The first-order valence-corrected chi connectivity index (χ1v) is 3.96. The molecule has 0 atom stereocenters. The minimum Gasteiger partial charge on any atom is -0.192 e. The Morgan fingerprint density at radius 3 is 2.50 bits per heavy atom. The summed E-state index contributed by atoms with van der Waals surface area (Å²) in [5.41, 5.74) is 3.15. The van der Waals surface area contributed by atoms with Gasteiger partial charge in [0.25, 0.3) is 0 Å². The number of rotatable bonds is 1. The molecule has 0 bridgehead atoms. The minimum absolute atomic E-state index is 0.733. The Morgan fingerprint density at radius 1 is 1.33 bits per heavy atom. The largest absolute Gasteiger partial charge is 0.192 e. The van der Waals surface area contributed by atoms with E-state index >= 15 is 0 Å². The van der Waals surface area contributed by atoms with Gasteiger partial charge in [0.2, 0.25) is 0 Å². The third kappa shape index (κ3) is 1.65. The Balaban J connectivity index is 3.19. The highest BCUT2D eigenvalue weighted by Crippen LogP contribution is 2.18. The van der Waals surface area contributed by atoms with Crippen molar-refractivity contribution in [3.05, 3.63) is 40.8 Å². The summed E-state index contributed by atoms with van der Waals surface area (Å²) < 4.78 is 0. The van der Waals surface area contributed by atoms with E-state index in [1.165, 1.54) is 17.0 Å². The molecule has 1 aromatic rings. The van der Waals surface area contributed by atoms with E-state index in [0.717, 1.165) is 5.56 Å². The molecule has 0 amide bonds. The van der Waals surface area contributed by atoms with Crippen LogP contribution in [0, 0.1) is 24.2 Å². The summed E-state index contributed by atoms with van der Waals surface area (Å²) in [6.07, 6.45) is 0. The van der Waals surface area contributed by atoms with Crippen LogP contribution in [0.1, 0.15) is 30.5 Å². The molecule has 1 rings (SSSR count). The molecule has 0 fully saturated rings. The van der Waals surface area contributed by atoms with Gasteiger partial charge in [-0.05, 0) is 36.1 Å². The van der Waals surface area contributed by atoms with Gasteiger partial charge in [-0.3, -0.25) is 0 Å². The zero-order valence-electron chi connectivity index (χ0n) is 7.68. The van der Waals surface area contributed by atoms with E-state index in [-0.39, 0.29) is 0 Å². The SMILES string of the molecule is C[C](C)c1cc(C#N)ccc1C. The predicted molar refractivity (Wildman–Crippen MR) is 49.6 cm³/mol. The van der Waals surface area contributed by atoms with Gasteiger partial charge in [-0.15, -0.1) is 0 Å². The predicted octanol–water partition coefficient (Wildman–Crippen LogP) is 2.83. The van der Waals surface area contributed by atoms with E-state index in [9.17, 15) is 0 Å². The van der Waals surface area contributed by atoms with Crippen LogP contribution in [0.3, 0.4) is 0 Å². The number of nitriles is 1. The van der Waals surface area contributed by atoms with E-state index in [4.69, 9.17) is 5.26 Å². The van der Waals surface area contributed by atoms with Crippen molar-refractivity contribution in [2.45, 2.75) is 20.8 Å². The van der Waals surface area contributed by atoms with Gasteiger partial charge in [-0.25, -0.2) is 0 Å². The normalized spacial score (nSPS) is 9.92. The lowest BCUT2D eigenvalue weighted by atomic mass is 9.96. The molecule has 0 aromatic heterocycles. The van der Waals surface area contributed by atoms with E-state index in [1.54, 1.807) is 0 Å². The van der Waals surface area contributed by atoms with E-state index in [1.807, 2.05) is 18.2 Å². The average molecular weight is 158 g/mol. The van der Waals surface area contributed by atoms with Gasteiger partial charge in [-0.1, -0.05) is 19.9 Å². The molecule has 1 heteroatoms. The number of hydrogen-bond donors (Lipinski definition) is 0. The molecule has 0 aliphatic carbocycles. The Bertz CT molecular complexity index is 318. The Labute approximate surface area is 73.6 Å². The van der Waals surface area contributed by atoms with Crippen molar-refractivity contribution in [3.63, 3.8) is 0 Å². The maximum Gasteiger partial charge on any atom is 0.0991 e.